The van der Waals surface area contributed by atoms with E-state index in [1.165, 1.54) is 4.80 Å². The summed E-state index contributed by atoms with van der Waals surface area (Å²) in [5.41, 5.74) is 3.25. The van der Waals surface area contributed by atoms with Crippen molar-refractivity contribution in [2.24, 2.45) is 0 Å². The van der Waals surface area contributed by atoms with E-state index in [2.05, 4.69) is 15.5 Å². The zero-order valence-electron chi connectivity index (χ0n) is 17.0. The number of carbonyl (C=O) groups is 1. The van der Waals surface area contributed by atoms with Crippen LogP contribution in [0.1, 0.15) is 5.56 Å². The molecule has 0 aliphatic carbocycles. The largest absolute Gasteiger partial charge is 0.495 e. The molecular weight excluding hydrogens is 475 g/mol. The molecule has 1 N–H and O–H groups in total. The number of aromatic nitrogens is 3. The number of anilines is 1. The van der Waals surface area contributed by atoms with Gasteiger partial charge < -0.3 is 14.8 Å². The number of rotatable bonds is 6. The molecule has 4 aromatic rings. The minimum Gasteiger partial charge on any atom is -0.495 e. The number of hydrogen-bond donors (Lipinski definition) is 1. The molecule has 164 valence electrons. The standard InChI is InChI=1S/C22H17Cl3N4O3/c1-12-7-13(23)8-17(25)22(12)32-11-21(30)26-14-3-5-18-19(9-14)28-29(27-18)15-4-6-20(31-2)16(24)10-15/h3-10H,11H2,1-2H3,(H,26,30). The number of halogens is 3. The lowest BCUT2D eigenvalue weighted by atomic mass is 10.2. The highest BCUT2D eigenvalue weighted by Gasteiger charge is 2.12. The third kappa shape index (κ3) is 4.75. The summed E-state index contributed by atoms with van der Waals surface area (Å²) < 4.78 is 10.7. The molecule has 3 aromatic carbocycles. The summed E-state index contributed by atoms with van der Waals surface area (Å²) in [6.45, 7) is 1.59. The van der Waals surface area contributed by atoms with Gasteiger partial charge in [0.2, 0.25) is 0 Å². The lowest BCUT2D eigenvalue weighted by Crippen LogP contribution is -2.20. The number of amides is 1. The normalized spacial score (nSPS) is 10.9. The van der Waals surface area contributed by atoms with Crippen LogP contribution in [0.5, 0.6) is 11.5 Å². The average molecular weight is 492 g/mol. The Kier molecular flexibility index (Phi) is 6.41. The maximum absolute atomic E-state index is 12.4. The van der Waals surface area contributed by atoms with Crippen LogP contribution in [-0.2, 0) is 4.79 Å². The van der Waals surface area contributed by atoms with Gasteiger partial charge in [-0.1, -0.05) is 34.8 Å². The molecule has 7 nitrogen and oxygen atoms in total. The Hall–Kier alpha value is -3.00. The van der Waals surface area contributed by atoms with E-state index in [9.17, 15) is 4.79 Å². The second-order valence-corrected chi connectivity index (χ2v) is 8.13. The van der Waals surface area contributed by atoms with Gasteiger partial charge in [0.25, 0.3) is 5.91 Å². The molecule has 0 radical (unpaired) electrons. The van der Waals surface area contributed by atoms with Gasteiger partial charge in [-0.25, -0.2) is 0 Å². The molecule has 0 saturated carbocycles. The highest BCUT2D eigenvalue weighted by Crippen LogP contribution is 2.32. The zero-order chi connectivity index (χ0) is 22.8. The molecule has 4 rings (SSSR count). The lowest BCUT2D eigenvalue weighted by Gasteiger charge is -2.11. The molecule has 1 amide bonds. The summed E-state index contributed by atoms with van der Waals surface area (Å²) in [4.78, 5) is 13.8. The molecule has 0 aliphatic rings. The van der Waals surface area contributed by atoms with Crippen molar-refractivity contribution in [3.05, 3.63) is 69.2 Å². The molecule has 1 heterocycles. The lowest BCUT2D eigenvalue weighted by molar-refractivity contribution is -0.118. The van der Waals surface area contributed by atoms with Crippen molar-refractivity contribution in [3.8, 4) is 17.2 Å². The Balaban J connectivity index is 1.47. The molecule has 0 fully saturated rings. The molecule has 32 heavy (non-hydrogen) atoms. The SMILES string of the molecule is COc1ccc(-n2nc3ccc(NC(=O)COc4c(C)cc(Cl)cc4Cl)cc3n2)cc1Cl. The Morgan fingerprint density at radius 3 is 2.50 bits per heavy atom. The number of benzene rings is 3. The van der Waals surface area contributed by atoms with Gasteiger partial charge >= 0.3 is 0 Å². The summed E-state index contributed by atoms with van der Waals surface area (Å²) in [5.74, 6) is 0.640. The third-order valence-electron chi connectivity index (χ3n) is 4.57. The van der Waals surface area contributed by atoms with Gasteiger partial charge in [0.1, 0.15) is 22.5 Å². The van der Waals surface area contributed by atoms with Crippen LogP contribution >= 0.6 is 34.8 Å². The van der Waals surface area contributed by atoms with E-state index >= 15 is 0 Å². The first kappa shape index (κ1) is 22.2. The van der Waals surface area contributed by atoms with Crippen molar-refractivity contribution in [1.29, 1.82) is 0 Å². The summed E-state index contributed by atoms with van der Waals surface area (Å²) in [5, 5.41) is 13.0. The van der Waals surface area contributed by atoms with Crippen LogP contribution in [0, 0.1) is 6.92 Å². The monoisotopic (exact) mass is 490 g/mol. The highest BCUT2D eigenvalue weighted by atomic mass is 35.5. The molecular formula is C22H17Cl3N4O3. The quantitative estimate of drug-likeness (QED) is 0.373. The average Bonchev–Trinajstić information content (AvgIpc) is 3.16. The number of methoxy groups -OCH3 is 1. The fourth-order valence-corrected chi connectivity index (χ4v) is 4.00. The molecule has 0 aliphatic heterocycles. The molecule has 0 saturated heterocycles. The van der Waals surface area contributed by atoms with Crippen molar-refractivity contribution >= 4 is 57.4 Å². The molecule has 1 aromatic heterocycles. The van der Waals surface area contributed by atoms with Gasteiger partial charge in [-0.3, -0.25) is 4.79 Å². The van der Waals surface area contributed by atoms with E-state index in [0.717, 1.165) is 5.56 Å². The van der Waals surface area contributed by atoms with E-state index in [0.29, 0.717) is 49.0 Å². The molecule has 10 heteroatoms. The first-order valence-corrected chi connectivity index (χ1v) is 10.6. The van der Waals surface area contributed by atoms with Gasteiger partial charge in [-0.2, -0.15) is 4.80 Å². The number of aryl methyl sites for hydroxylation is 1. The van der Waals surface area contributed by atoms with Crippen LogP contribution in [0.3, 0.4) is 0 Å². The fourth-order valence-electron chi connectivity index (χ4n) is 3.09. The van der Waals surface area contributed by atoms with Gasteiger partial charge in [-0.05, 0) is 61.0 Å². The second-order valence-electron chi connectivity index (χ2n) is 6.88. The van der Waals surface area contributed by atoms with Crippen molar-refractivity contribution in [3.63, 3.8) is 0 Å². The summed E-state index contributed by atoms with van der Waals surface area (Å²) in [6.07, 6.45) is 0. The number of fused-ring (bicyclic) bond motifs is 1. The maximum atomic E-state index is 12.4. The van der Waals surface area contributed by atoms with Gasteiger partial charge in [0, 0.05) is 10.7 Å². The van der Waals surface area contributed by atoms with Crippen molar-refractivity contribution in [1.82, 2.24) is 15.0 Å². The Morgan fingerprint density at radius 1 is 1.00 bits per heavy atom. The number of nitrogens with one attached hydrogen (secondary N) is 1. The molecule has 0 spiro atoms. The second kappa shape index (κ2) is 9.24. The van der Waals surface area contributed by atoms with E-state index in [1.807, 2.05) is 0 Å². The number of carbonyl (C=O) groups excluding carboxylic acids is 1. The summed E-state index contributed by atoms with van der Waals surface area (Å²) in [7, 11) is 1.55. The van der Waals surface area contributed by atoms with Crippen molar-refractivity contribution in [2.75, 3.05) is 19.0 Å². The van der Waals surface area contributed by atoms with E-state index < -0.39 is 0 Å². The molecule has 0 atom stereocenters. The van der Waals surface area contributed by atoms with Crippen LogP contribution in [0.4, 0.5) is 5.69 Å². The topological polar surface area (TPSA) is 78.3 Å². The Bertz CT molecular complexity index is 1300. The number of nitrogens with zero attached hydrogens (tertiary/aromatic N) is 3. The fraction of sp³-hybridized carbons (Fsp3) is 0.136. The van der Waals surface area contributed by atoms with E-state index in [-0.39, 0.29) is 12.5 Å². The number of hydrogen-bond acceptors (Lipinski definition) is 5. The predicted molar refractivity (Wildman–Crippen MR) is 126 cm³/mol. The first-order chi connectivity index (χ1) is 15.3. The van der Waals surface area contributed by atoms with Gasteiger partial charge in [0.05, 0.1) is 22.8 Å². The minimum absolute atomic E-state index is 0.211. The van der Waals surface area contributed by atoms with E-state index in [4.69, 9.17) is 44.3 Å². The first-order valence-electron chi connectivity index (χ1n) is 9.43. The number of ether oxygens (including phenoxy) is 2. The van der Waals surface area contributed by atoms with Crippen molar-refractivity contribution in [2.45, 2.75) is 6.92 Å². The van der Waals surface area contributed by atoms with Crippen LogP contribution in [0.2, 0.25) is 15.1 Å². The van der Waals surface area contributed by atoms with Crippen LogP contribution < -0.4 is 14.8 Å². The summed E-state index contributed by atoms with van der Waals surface area (Å²) >= 11 is 18.3. The zero-order valence-corrected chi connectivity index (χ0v) is 19.3. The predicted octanol–water partition coefficient (Wildman–Crippen LogP) is 5.72. The van der Waals surface area contributed by atoms with Gasteiger partial charge in [-0.15, -0.1) is 10.2 Å². The van der Waals surface area contributed by atoms with E-state index in [1.54, 1.807) is 62.6 Å². The minimum atomic E-state index is -0.343. The molecule has 0 unspecified atom stereocenters. The molecule has 0 bridgehead atoms. The van der Waals surface area contributed by atoms with Gasteiger partial charge in [0.15, 0.2) is 6.61 Å². The Morgan fingerprint density at radius 2 is 1.78 bits per heavy atom. The Labute approximate surface area is 198 Å². The van der Waals surface area contributed by atoms with Crippen LogP contribution in [0.15, 0.2) is 48.5 Å². The maximum Gasteiger partial charge on any atom is 0.262 e. The van der Waals surface area contributed by atoms with Crippen LogP contribution in [0.25, 0.3) is 16.7 Å². The van der Waals surface area contributed by atoms with Crippen molar-refractivity contribution < 1.29 is 14.3 Å². The summed E-state index contributed by atoms with van der Waals surface area (Å²) in [6, 6.07) is 13.8. The third-order valence-corrected chi connectivity index (χ3v) is 5.37. The highest BCUT2D eigenvalue weighted by molar-refractivity contribution is 6.35. The smallest absolute Gasteiger partial charge is 0.262 e. The van der Waals surface area contributed by atoms with Crippen LogP contribution in [-0.4, -0.2) is 34.6 Å².